The Hall–Kier alpha value is -2.75. The van der Waals surface area contributed by atoms with Crippen LogP contribution in [0, 0.1) is 13.8 Å². The molecule has 9 nitrogen and oxygen atoms in total. The Morgan fingerprint density at radius 3 is 2.62 bits per heavy atom. The monoisotopic (exact) mass is 464 g/mol. The summed E-state index contributed by atoms with van der Waals surface area (Å²) in [6.07, 6.45) is 5.83. The first-order valence-corrected chi connectivity index (χ1v) is 12.3. The molecule has 0 radical (unpaired) electrons. The highest BCUT2D eigenvalue weighted by atomic mass is 16.7. The van der Waals surface area contributed by atoms with Crippen LogP contribution < -0.4 is 9.80 Å². The number of benzene rings is 1. The van der Waals surface area contributed by atoms with Crippen molar-refractivity contribution < 1.29 is 14.6 Å². The van der Waals surface area contributed by atoms with Crippen LogP contribution >= 0.6 is 0 Å². The molecule has 0 saturated carbocycles. The first-order valence-electron chi connectivity index (χ1n) is 12.3. The molecule has 2 aromatic heterocycles. The molecule has 3 aliphatic rings. The lowest BCUT2D eigenvalue weighted by Crippen LogP contribution is -2.54. The molecule has 0 bridgehead atoms. The van der Waals surface area contributed by atoms with Crippen molar-refractivity contribution in [3.05, 3.63) is 35.8 Å². The third kappa shape index (κ3) is 4.12. The number of hydrogen-bond donors (Lipinski definition) is 1. The van der Waals surface area contributed by atoms with E-state index in [-0.39, 0.29) is 18.5 Å². The van der Waals surface area contributed by atoms with E-state index in [1.807, 2.05) is 23.9 Å². The number of fused-ring (bicyclic) bond motifs is 1. The smallest absolute Gasteiger partial charge is 0.159 e. The van der Waals surface area contributed by atoms with E-state index in [0.29, 0.717) is 12.4 Å². The van der Waals surface area contributed by atoms with Gasteiger partial charge in [0.05, 0.1) is 23.9 Å². The highest BCUT2D eigenvalue weighted by molar-refractivity contribution is 5.85. The van der Waals surface area contributed by atoms with Crippen molar-refractivity contribution in [1.29, 1.82) is 0 Å². The molecular weight excluding hydrogens is 432 g/mol. The fourth-order valence-corrected chi connectivity index (χ4v) is 5.21. The molecule has 3 aliphatic heterocycles. The maximum absolute atomic E-state index is 10.0. The van der Waals surface area contributed by atoms with Gasteiger partial charge < -0.3 is 24.4 Å². The minimum Gasteiger partial charge on any atom is -0.391 e. The Balaban J connectivity index is 1.24. The lowest BCUT2D eigenvalue weighted by atomic mass is 10.1. The van der Waals surface area contributed by atoms with Gasteiger partial charge in [-0.05, 0) is 57.2 Å². The van der Waals surface area contributed by atoms with E-state index in [0.717, 1.165) is 73.7 Å². The summed E-state index contributed by atoms with van der Waals surface area (Å²) in [5, 5.41) is 15.8. The molecule has 6 rings (SSSR count). The number of ether oxygens (including phenoxy) is 2. The van der Waals surface area contributed by atoms with E-state index in [4.69, 9.17) is 14.5 Å². The van der Waals surface area contributed by atoms with Crippen LogP contribution in [0.3, 0.4) is 0 Å². The summed E-state index contributed by atoms with van der Waals surface area (Å²) in [7, 11) is 0. The van der Waals surface area contributed by atoms with E-state index in [1.165, 1.54) is 12.0 Å². The first kappa shape index (κ1) is 21.8. The Labute approximate surface area is 199 Å². The number of aliphatic hydroxyl groups is 1. The number of anilines is 2. The zero-order valence-corrected chi connectivity index (χ0v) is 19.9. The first-order chi connectivity index (χ1) is 16.5. The zero-order valence-electron chi connectivity index (χ0n) is 19.9. The largest absolute Gasteiger partial charge is 0.391 e. The number of rotatable bonds is 5. The number of nitrogens with zero attached hydrogens (tertiary/aromatic N) is 6. The Morgan fingerprint density at radius 1 is 1.00 bits per heavy atom. The van der Waals surface area contributed by atoms with E-state index >= 15 is 0 Å². The fraction of sp³-hybridized carbons (Fsp3) is 0.560. The number of β-amino-alcohol motifs (C(OH)–C–C–N with tert-alkyl or cyclic N) is 1. The summed E-state index contributed by atoms with van der Waals surface area (Å²) in [4.78, 5) is 13.9. The van der Waals surface area contributed by atoms with Gasteiger partial charge in [0.25, 0.3) is 0 Å². The normalized spacial score (nSPS) is 23.6. The van der Waals surface area contributed by atoms with E-state index in [2.05, 4.69) is 38.9 Å². The second-order valence-corrected chi connectivity index (χ2v) is 9.73. The molecule has 9 heteroatoms. The summed E-state index contributed by atoms with van der Waals surface area (Å²) in [6.45, 7) is 7.97. The van der Waals surface area contributed by atoms with Gasteiger partial charge in [0.1, 0.15) is 11.6 Å². The SMILES string of the molecule is Cc1nc(N2CC(OC3CCCCO3)C2)cc(-n2ncc3cc(C)c(N4CC[C@@H](O)C4)cc32)n1. The maximum Gasteiger partial charge on any atom is 0.159 e. The average Bonchev–Trinajstić information content (AvgIpc) is 3.41. The third-order valence-electron chi connectivity index (χ3n) is 7.07. The predicted molar refractivity (Wildman–Crippen MR) is 130 cm³/mol. The standard InChI is InChI=1S/C25H32N6O3/c1-16-9-18-12-26-31(22(18)10-21(16)29-7-6-19(32)13-29)24-11-23(27-17(2)28-24)30-14-20(15-30)34-25-5-3-4-8-33-25/h9-12,19-20,25,32H,3-8,13-15H2,1-2H3/t19-,25?/m1/s1. The van der Waals surface area contributed by atoms with Gasteiger partial charge in [-0.25, -0.2) is 14.6 Å². The Kier molecular flexibility index (Phi) is 5.63. The van der Waals surface area contributed by atoms with Crippen LogP contribution in [0.5, 0.6) is 0 Å². The predicted octanol–water partition coefficient (Wildman–Crippen LogP) is 2.74. The van der Waals surface area contributed by atoms with Gasteiger partial charge in [0.2, 0.25) is 0 Å². The van der Waals surface area contributed by atoms with Crippen molar-refractivity contribution in [2.24, 2.45) is 0 Å². The second kappa shape index (κ2) is 8.79. The molecule has 180 valence electrons. The maximum atomic E-state index is 10.0. The summed E-state index contributed by atoms with van der Waals surface area (Å²) in [5.74, 6) is 2.37. The van der Waals surface area contributed by atoms with E-state index in [1.54, 1.807) is 0 Å². The minimum atomic E-state index is -0.263. The van der Waals surface area contributed by atoms with Crippen LogP contribution in [0.25, 0.3) is 16.7 Å². The van der Waals surface area contributed by atoms with Crippen molar-refractivity contribution in [3.63, 3.8) is 0 Å². The molecule has 34 heavy (non-hydrogen) atoms. The van der Waals surface area contributed by atoms with Crippen molar-refractivity contribution in [2.45, 2.75) is 58.0 Å². The van der Waals surface area contributed by atoms with Gasteiger partial charge in [-0.3, -0.25) is 0 Å². The average molecular weight is 465 g/mol. The van der Waals surface area contributed by atoms with Gasteiger partial charge in [0, 0.05) is 49.9 Å². The van der Waals surface area contributed by atoms with Gasteiger partial charge in [0.15, 0.2) is 12.1 Å². The molecule has 1 aromatic carbocycles. The molecule has 0 amide bonds. The molecule has 1 N–H and O–H groups in total. The molecule has 0 aliphatic carbocycles. The summed E-state index contributed by atoms with van der Waals surface area (Å²) < 4.78 is 13.7. The molecule has 3 saturated heterocycles. The molecule has 3 aromatic rings. The zero-order chi connectivity index (χ0) is 23.2. The van der Waals surface area contributed by atoms with Crippen molar-refractivity contribution in [1.82, 2.24) is 19.7 Å². The van der Waals surface area contributed by atoms with Gasteiger partial charge in [-0.15, -0.1) is 0 Å². The molecule has 5 heterocycles. The number of hydrogen-bond acceptors (Lipinski definition) is 8. The summed E-state index contributed by atoms with van der Waals surface area (Å²) in [6, 6.07) is 6.34. The van der Waals surface area contributed by atoms with Gasteiger partial charge in [-0.1, -0.05) is 0 Å². The molecule has 1 unspecified atom stereocenters. The molecular formula is C25H32N6O3. The number of aliphatic hydroxyl groups excluding tert-OH is 1. The summed E-state index contributed by atoms with van der Waals surface area (Å²) >= 11 is 0. The van der Waals surface area contributed by atoms with Crippen molar-refractivity contribution >= 4 is 22.4 Å². The number of aryl methyl sites for hydroxylation is 2. The molecule has 2 atom stereocenters. The topological polar surface area (TPSA) is 88.8 Å². The fourth-order valence-electron chi connectivity index (χ4n) is 5.21. The second-order valence-electron chi connectivity index (χ2n) is 9.73. The molecule has 3 fully saturated rings. The van der Waals surface area contributed by atoms with Crippen LogP contribution in [-0.2, 0) is 9.47 Å². The van der Waals surface area contributed by atoms with Crippen LogP contribution in [0.2, 0.25) is 0 Å². The Morgan fingerprint density at radius 2 is 1.85 bits per heavy atom. The lowest BCUT2D eigenvalue weighted by Gasteiger charge is -2.41. The van der Waals surface area contributed by atoms with Crippen LogP contribution in [-0.4, -0.2) is 76.1 Å². The van der Waals surface area contributed by atoms with Crippen LogP contribution in [0.1, 0.15) is 37.1 Å². The molecule has 0 spiro atoms. The lowest BCUT2D eigenvalue weighted by molar-refractivity contribution is -0.191. The van der Waals surface area contributed by atoms with Crippen molar-refractivity contribution in [2.75, 3.05) is 42.6 Å². The van der Waals surface area contributed by atoms with Crippen LogP contribution in [0.4, 0.5) is 11.5 Å². The Bertz CT molecular complexity index is 1180. The van der Waals surface area contributed by atoms with Gasteiger partial charge in [-0.2, -0.15) is 5.10 Å². The van der Waals surface area contributed by atoms with Crippen LogP contribution in [0.15, 0.2) is 24.4 Å². The van der Waals surface area contributed by atoms with E-state index in [9.17, 15) is 5.11 Å². The quantitative estimate of drug-likeness (QED) is 0.617. The minimum absolute atomic E-state index is 0.0617. The third-order valence-corrected chi connectivity index (χ3v) is 7.07. The highest BCUT2D eigenvalue weighted by Gasteiger charge is 2.32. The van der Waals surface area contributed by atoms with Gasteiger partial charge >= 0.3 is 0 Å². The highest BCUT2D eigenvalue weighted by Crippen LogP contribution is 2.31. The van der Waals surface area contributed by atoms with Crippen molar-refractivity contribution in [3.8, 4) is 5.82 Å². The van der Waals surface area contributed by atoms with E-state index < -0.39 is 0 Å². The summed E-state index contributed by atoms with van der Waals surface area (Å²) in [5.41, 5.74) is 3.34. The number of aromatic nitrogens is 4.